The molecule has 0 fully saturated rings. The first kappa shape index (κ1) is 18.9. The van der Waals surface area contributed by atoms with Gasteiger partial charge in [0.05, 0.1) is 17.8 Å². The Labute approximate surface area is 168 Å². The van der Waals surface area contributed by atoms with Crippen molar-refractivity contribution in [2.75, 3.05) is 0 Å². The van der Waals surface area contributed by atoms with Gasteiger partial charge in [0.15, 0.2) is 0 Å². The predicted octanol–water partition coefficient (Wildman–Crippen LogP) is 3.99. The fourth-order valence-corrected chi connectivity index (χ4v) is 5.20. The molecule has 1 N–H and O–H groups in total. The van der Waals surface area contributed by atoms with Gasteiger partial charge in [-0.05, 0) is 43.2 Å². The van der Waals surface area contributed by atoms with Gasteiger partial charge in [0, 0.05) is 4.88 Å². The quantitative estimate of drug-likeness (QED) is 0.686. The number of nitrogens with one attached hydrogen (secondary N) is 1. The third-order valence-electron chi connectivity index (χ3n) is 5.37. The van der Waals surface area contributed by atoms with Crippen LogP contribution in [-0.2, 0) is 24.2 Å². The second kappa shape index (κ2) is 8.27. The summed E-state index contributed by atoms with van der Waals surface area (Å²) in [6.07, 6.45) is 7.61. The lowest BCUT2D eigenvalue weighted by Gasteiger charge is -2.19. The molecule has 1 aliphatic carbocycles. The van der Waals surface area contributed by atoms with Crippen LogP contribution in [-0.4, -0.2) is 15.5 Å². The maximum Gasteiger partial charge on any atom is 0.262 e. The molecule has 28 heavy (non-hydrogen) atoms. The van der Waals surface area contributed by atoms with Crippen molar-refractivity contribution in [3.8, 4) is 0 Å². The van der Waals surface area contributed by atoms with Gasteiger partial charge in [-0.3, -0.25) is 14.2 Å². The summed E-state index contributed by atoms with van der Waals surface area (Å²) in [5.41, 5.74) is 2.16. The first-order chi connectivity index (χ1) is 13.7. The van der Waals surface area contributed by atoms with Crippen molar-refractivity contribution in [2.24, 2.45) is 0 Å². The van der Waals surface area contributed by atoms with E-state index in [4.69, 9.17) is 0 Å². The molecule has 0 aliphatic heterocycles. The van der Waals surface area contributed by atoms with E-state index in [1.807, 2.05) is 30.3 Å². The number of aromatic nitrogens is 2. The van der Waals surface area contributed by atoms with Gasteiger partial charge in [-0.2, -0.15) is 0 Å². The third-order valence-corrected chi connectivity index (χ3v) is 6.57. The monoisotopic (exact) mass is 395 g/mol. The molecule has 1 amide bonds. The topological polar surface area (TPSA) is 64.0 Å². The van der Waals surface area contributed by atoms with Gasteiger partial charge >= 0.3 is 0 Å². The molecular formula is C22H25N3O2S. The highest BCUT2D eigenvalue weighted by atomic mass is 32.1. The maximum atomic E-state index is 13.0. The molecule has 0 radical (unpaired) electrons. The van der Waals surface area contributed by atoms with Crippen molar-refractivity contribution in [1.29, 1.82) is 0 Å². The normalized spacial score (nSPS) is 14.6. The first-order valence-electron chi connectivity index (χ1n) is 10.0. The number of carbonyl (C=O) groups excluding carboxylic acids is 1. The number of amides is 1. The van der Waals surface area contributed by atoms with E-state index in [1.54, 1.807) is 11.3 Å². The van der Waals surface area contributed by atoms with E-state index in [1.165, 1.54) is 22.2 Å². The molecule has 146 valence electrons. The number of carbonyl (C=O) groups is 1. The van der Waals surface area contributed by atoms with Crippen molar-refractivity contribution in [3.05, 3.63) is 63.0 Å². The molecule has 5 nitrogen and oxygen atoms in total. The number of hydrogen-bond acceptors (Lipinski definition) is 4. The van der Waals surface area contributed by atoms with Crippen LogP contribution in [0.2, 0.25) is 0 Å². The second-order valence-electron chi connectivity index (χ2n) is 7.39. The molecule has 1 aromatic carbocycles. The molecule has 4 rings (SSSR count). The number of benzene rings is 1. The lowest BCUT2D eigenvalue weighted by atomic mass is 9.97. The van der Waals surface area contributed by atoms with Crippen LogP contribution in [0.15, 0.2) is 41.5 Å². The van der Waals surface area contributed by atoms with Gasteiger partial charge in [-0.1, -0.05) is 43.7 Å². The summed E-state index contributed by atoms with van der Waals surface area (Å²) in [7, 11) is 0. The van der Waals surface area contributed by atoms with Crippen molar-refractivity contribution >= 4 is 27.5 Å². The Morgan fingerprint density at radius 2 is 2.04 bits per heavy atom. The Morgan fingerprint density at radius 1 is 1.25 bits per heavy atom. The molecule has 0 saturated carbocycles. The number of thiophene rings is 1. The van der Waals surface area contributed by atoms with E-state index >= 15 is 0 Å². The molecule has 2 heterocycles. The molecule has 1 aliphatic rings. The highest BCUT2D eigenvalue weighted by Gasteiger charge is 2.21. The zero-order chi connectivity index (χ0) is 19.5. The van der Waals surface area contributed by atoms with Crippen LogP contribution in [0.3, 0.4) is 0 Å². The minimum Gasteiger partial charge on any atom is -0.348 e. The minimum absolute atomic E-state index is 0.000554. The summed E-state index contributed by atoms with van der Waals surface area (Å²) in [5.74, 6) is -0.158. The van der Waals surface area contributed by atoms with E-state index < -0.39 is 0 Å². The molecule has 1 unspecified atom stereocenters. The van der Waals surface area contributed by atoms with Crippen LogP contribution in [0.25, 0.3) is 10.2 Å². The Bertz CT molecular complexity index is 1040. The van der Waals surface area contributed by atoms with Gasteiger partial charge in [-0.25, -0.2) is 4.98 Å². The fourth-order valence-electron chi connectivity index (χ4n) is 3.98. The van der Waals surface area contributed by atoms with Gasteiger partial charge in [0.1, 0.15) is 11.4 Å². The molecular weight excluding hydrogens is 370 g/mol. The average Bonchev–Trinajstić information content (AvgIpc) is 3.10. The highest BCUT2D eigenvalue weighted by molar-refractivity contribution is 7.18. The molecule has 6 heteroatoms. The predicted molar refractivity (Wildman–Crippen MR) is 113 cm³/mol. The molecule has 0 bridgehead atoms. The SMILES string of the molecule is CCCC(NC(=O)Cn1cnc2sc3c(c2c1=O)CCCC3)c1ccccc1. The third kappa shape index (κ3) is 3.74. The number of nitrogens with zero attached hydrogens (tertiary/aromatic N) is 2. The number of rotatable bonds is 6. The summed E-state index contributed by atoms with van der Waals surface area (Å²) in [5, 5.41) is 3.82. The Hall–Kier alpha value is -2.47. The number of fused-ring (bicyclic) bond motifs is 3. The Kier molecular flexibility index (Phi) is 5.57. The molecule has 1 atom stereocenters. The van der Waals surface area contributed by atoms with E-state index in [9.17, 15) is 9.59 Å². The van der Waals surface area contributed by atoms with Crippen LogP contribution in [0, 0.1) is 0 Å². The summed E-state index contributed by atoms with van der Waals surface area (Å²) in [6, 6.07) is 9.94. The van der Waals surface area contributed by atoms with Gasteiger partial charge in [-0.15, -0.1) is 11.3 Å². The van der Waals surface area contributed by atoms with E-state index in [-0.39, 0.29) is 24.1 Å². The van der Waals surface area contributed by atoms with E-state index in [0.29, 0.717) is 0 Å². The highest BCUT2D eigenvalue weighted by Crippen LogP contribution is 2.33. The zero-order valence-electron chi connectivity index (χ0n) is 16.1. The largest absolute Gasteiger partial charge is 0.348 e. The minimum atomic E-state index is -0.158. The van der Waals surface area contributed by atoms with E-state index in [2.05, 4.69) is 17.2 Å². The fraction of sp³-hybridized carbons (Fsp3) is 0.409. The molecule has 3 aromatic rings. The summed E-state index contributed by atoms with van der Waals surface area (Å²) < 4.78 is 1.45. The molecule has 0 saturated heterocycles. The van der Waals surface area contributed by atoms with Gasteiger partial charge < -0.3 is 5.32 Å². The standard InChI is InChI=1S/C22H25N3O2S/c1-2-8-17(15-9-4-3-5-10-15)24-19(26)13-25-14-23-21-20(22(25)27)16-11-6-7-12-18(16)28-21/h3-5,9-10,14,17H,2,6-8,11-13H2,1H3,(H,24,26). The summed E-state index contributed by atoms with van der Waals surface area (Å²) >= 11 is 1.63. The summed E-state index contributed by atoms with van der Waals surface area (Å²) in [4.78, 5) is 32.3. The summed E-state index contributed by atoms with van der Waals surface area (Å²) in [6.45, 7) is 2.10. The Balaban J connectivity index is 1.56. The van der Waals surface area contributed by atoms with Crippen molar-refractivity contribution in [2.45, 2.75) is 58.0 Å². The van der Waals surface area contributed by atoms with E-state index in [0.717, 1.165) is 53.4 Å². The average molecular weight is 396 g/mol. The van der Waals surface area contributed by atoms with Crippen LogP contribution in [0.5, 0.6) is 0 Å². The van der Waals surface area contributed by atoms with Crippen molar-refractivity contribution < 1.29 is 4.79 Å². The van der Waals surface area contributed by atoms with Gasteiger partial charge in [0.25, 0.3) is 5.56 Å². The molecule has 0 spiro atoms. The Morgan fingerprint density at radius 3 is 2.82 bits per heavy atom. The number of aryl methyl sites for hydroxylation is 2. The lowest BCUT2D eigenvalue weighted by molar-refractivity contribution is -0.122. The van der Waals surface area contributed by atoms with Gasteiger partial charge in [0.2, 0.25) is 5.91 Å². The van der Waals surface area contributed by atoms with Crippen LogP contribution in [0.4, 0.5) is 0 Å². The first-order valence-corrected chi connectivity index (χ1v) is 10.8. The second-order valence-corrected chi connectivity index (χ2v) is 8.47. The van der Waals surface area contributed by atoms with Crippen LogP contribution < -0.4 is 10.9 Å². The zero-order valence-corrected chi connectivity index (χ0v) is 16.9. The number of hydrogen-bond donors (Lipinski definition) is 1. The van der Waals surface area contributed by atoms with Crippen LogP contribution >= 0.6 is 11.3 Å². The van der Waals surface area contributed by atoms with Crippen molar-refractivity contribution in [1.82, 2.24) is 14.9 Å². The maximum absolute atomic E-state index is 13.0. The molecule has 2 aromatic heterocycles. The van der Waals surface area contributed by atoms with Crippen LogP contribution in [0.1, 0.15) is 54.7 Å². The smallest absolute Gasteiger partial charge is 0.262 e. The lowest BCUT2D eigenvalue weighted by Crippen LogP contribution is -2.35. The van der Waals surface area contributed by atoms with Crippen molar-refractivity contribution in [3.63, 3.8) is 0 Å².